The molecule has 0 aliphatic carbocycles. The summed E-state index contributed by atoms with van der Waals surface area (Å²) >= 11 is 0. The number of ether oxygens (including phenoxy) is 3. The smallest absolute Gasteiger partial charge is 0.493 e. The molecule has 1 aromatic carbocycles. The molecule has 3 heterocycles. The van der Waals surface area contributed by atoms with Crippen LogP contribution in [0.5, 0.6) is 17.2 Å². The van der Waals surface area contributed by atoms with Crippen molar-refractivity contribution < 1.29 is 37.3 Å². The molecule has 1 amide bonds. The molecular weight excluding hydrogens is 479 g/mol. The van der Waals surface area contributed by atoms with Crippen LogP contribution in [0.1, 0.15) is 30.9 Å². The fraction of sp³-hybridized carbons (Fsp3) is 0.520. The lowest BCUT2D eigenvalue weighted by Crippen LogP contribution is -2.54. The second-order valence-electron chi connectivity index (χ2n) is 9.68. The predicted octanol–water partition coefficient (Wildman–Crippen LogP) is 3.51. The number of amides is 1. The van der Waals surface area contributed by atoms with Crippen LogP contribution in [0.25, 0.3) is 0 Å². The minimum atomic E-state index is -4.77. The predicted molar refractivity (Wildman–Crippen MR) is 125 cm³/mol. The second kappa shape index (κ2) is 9.68. The van der Waals surface area contributed by atoms with Crippen LogP contribution in [0.4, 0.5) is 19.0 Å². The minimum Gasteiger partial charge on any atom is -0.493 e. The quantitative estimate of drug-likeness (QED) is 0.546. The Kier molecular flexibility index (Phi) is 6.96. The summed E-state index contributed by atoms with van der Waals surface area (Å²) in [5.74, 6) is 1.23. The van der Waals surface area contributed by atoms with Gasteiger partial charge in [0.2, 0.25) is 6.41 Å². The van der Waals surface area contributed by atoms with E-state index in [0.717, 1.165) is 18.2 Å². The molecule has 11 heteroatoms. The van der Waals surface area contributed by atoms with Gasteiger partial charge in [-0.3, -0.25) is 4.79 Å². The summed E-state index contributed by atoms with van der Waals surface area (Å²) in [5, 5.41) is 10.5. The summed E-state index contributed by atoms with van der Waals surface area (Å²) in [5.41, 5.74) is 0.761. The number of nitrogens with zero attached hydrogens (tertiary/aromatic N) is 3. The molecule has 36 heavy (non-hydrogen) atoms. The third kappa shape index (κ3) is 5.16. The average molecular weight is 510 g/mol. The van der Waals surface area contributed by atoms with Crippen LogP contribution in [-0.4, -0.2) is 73.3 Å². The van der Waals surface area contributed by atoms with E-state index in [1.807, 2.05) is 30.0 Å². The van der Waals surface area contributed by atoms with Crippen molar-refractivity contribution in [3.63, 3.8) is 0 Å². The molecule has 2 fully saturated rings. The number of anilines is 1. The fourth-order valence-corrected chi connectivity index (χ4v) is 4.86. The first-order valence-electron chi connectivity index (χ1n) is 11.6. The van der Waals surface area contributed by atoms with Crippen LogP contribution >= 0.6 is 0 Å². The number of likely N-dealkylation sites (tertiary alicyclic amines) is 1. The number of pyridine rings is 1. The molecule has 0 bridgehead atoms. The van der Waals surface area contributed by atoms with Gasteiger partial charge in [-0.15, -0.1) is 13.2 Å². The Morgan fingerprint density at radius 1 is 1.19 bits per heavy atom. The molecule has 2 saturated heterocycles. The van der Waals surface area contributed by atoms with E-state index in [9.17, 15) is 23.1 Å². The van der Waals surface area contributed by atoms with Crippen molar-refractivity contribution in [1.29, 1.82) is 0 Å². The number of alkyl halides is 3. The Labute approximate surface area is 207 Å². The molecule has 2 aromatic rings. The Morgan fingerprint density at radius 2 is 1.92 bits per heavy atom. The molecule has 0 saturated carbocycles. The molecule has 1 N–H and O–H groups in total. The van der Waals surface area contributed by atoms with Gasteiger partial charge >= 0.3 is 6.36 Å². The summed E-state index contributed by atoms with van der Waals surface area (Å²) in [6, 6.07) is 7.19. The van der Waals surface area contributed by atoms with Gasteiger partial charge in [0.25, 0.3) is 0 Å². The van der Waals surface area contributed by atoms with Crippen molar-refractivity contribution in [1.82, 2.24) is 9.88 Å². The average Bonchev–Trinajstić information content (AvgIpc) is 3.14. The maximum atomic E-state index is 12.5. The number of aliphatic hydroxyl groups is 1. The molecule has 2 aliphatic heterocycles. The van der Waals surface area contributed by atoms with Crippen molar-refractivity contribution >= 4 is 12.2 Å². The van der Waals surface area contributed by atoms with Crippen molar-refractivity contribution in [3.05, 3.63) is 41.6 Å². The zero-order valence-electron chi connectivity index (χ0n) is 20.6. The minimum absolute atomic E-state index is 0.0848. The third-order valence-electron chi connectivity index (χ3n) is 7.19. The maximum absolute atomic E-state index is 12.5. The lowest BCUT2D eigenvalue weighted by Gasteiger charge is -2.40. The summed E-state index contributed by atoms with van der Waals surface area (Å²) in [6.45, 7) is 7.18. The zero-order chi connectivity index (χ0) is 26.3. The Balaban J connectivity index is 1.46. The SMILES string of the molecule is COc1ccc([C@@H]2CN(C=O)C[C@@]2(C)C(C)O)cc1OC1CN(c2cc(C)c(OC(F)(F)F)cn2)C1. The van der Waals surface area contributed by atoms with Crippen LogP contribution in [0.3, 0.4) is 0 Å². The van der Waals surface area contributed by atoms with Gasteiger partial charge in [-0.05, 0) is 43.2 Å². The molecule has 1 unspecified atom stereocenters. The van der Waals surface area contributed by atoms with Crippen molar-refractivity contribution in [2.24, 2.45) is 5.41 Å². The number of halogens is 3. The van der Waals surface area contributed by atoms with Gasteiger partial charge in [0.05, 0.1) is 32.5 Å². The highest BCUT2D eigenvalue weighted by atomic mass is 19.4. The van der Waals surface area contributed by atoms with E-state index < -0.39 is 17.9 Å². The normalized spacial score (nSPS) is 23.3. The summed E-state index contributed by atoms with van der Waals surface area (Å²) in [7, 11) is 1.55. The Morgan fingerprint density at radius 3 is 2.50 bits per heavy atom. The number of carbonyl (C=O) groups is 1. The lowest BCUT2D eigenvalue weighted by molar-refractivity contribution is -0.275. The van der Waals surface area contributed by atoms with Crippen LogP contribution in [-0.2, 0) is 4.79 Å². The number of benzene rings is 1. The van der Waals surface area contributed by atoms with Gasteiger partial charge in [0, 0.05) is 24.4 Å². The highest BCUT2D eigenvalue weighted by Crippen LogP contribution is 2.46. The monoisotopic (exact) mass is 509 g/mol. The van der Waals surface area contributed by atoms with Crippen molar-refractivity contribution in [3.8, 4) is 17.2 Å². The molecule has 196 valence electrons. The van der Waals surface area contributed by atoms with Gasteiger partial charge in [-0.25, -0.2) is 4.98 Å². The number of aryl methyl sites for hydroxylation is 1. The highest BCUT2D eigenvalue weighted by Gasteiger charge is 2.47. The Hall–Kier alpha value is -3.21. The molecule has 2 aliphatic rings. The first-order chi connectivity index (χ1) is 16.9. The van der Waals surface area contributed by atoms with E-state index in [1.54, 1.807) is 25.0 Å². The number of hydrogen-bond acceptors (Lipinski definition) is 7. The lowest BCUT2D eigenvalue weighted by atomic mass is 9.72. The number of aliphatic hydroxyl groups excluding tert-OH is 1. The number of aromatic nitrogens is 1. The Bertz CT molecular complexity index is 1110. The molecular formula is C25H30F3N3O5. The van der Waals surface area contributed by atoms with Crippen LogP contribution < -0.4 is 19.1 Å². The van der Waals surface area contributed by atoms with Crippen LogP contribution in [0, 0.1) is 12.3 Å². The molecule has 4 rings (SSSR count). The topological polar surface area (TPSA) is 84.4 Å². The summed E-state index contributed by atoms with van der Waals surface area (Å²) < 4.78 is 53.2. The molecule has 1 aromatic heterocycles. The van der Waals surface area contributed by atoms with Gasteiger partial charge in [-0.1, -0.05) is 13.0 Å². The van der Waals surface area contributed by atoms with E-state index in [2.05, 4.69) is 9.72 Å². The summed E-state index contributed by atoms with van der Waals surface area (Å²) in [6.07, 6.45) is -3.69. The molecule has 8 nitrogen and oxygen atoms in total. The molecule has 3 atom stereocenters. The molecule has 0 radical (unpaired) electrons. The summed E-state index contributed by atoms with van der Waals surface area (Å²) in [4.78, 5) is 19.1. The number of hydrogen-bond donors (Lipinski definition) is 1. The van der Waals surface area contributed by atoms with Crippen LogP contribution in [0.15, 0.2) is 30.5 Å². The van der Waals surface area contributed by atoms with E-state index in [0.29, 0.717) is 49.1 Å². The van der Waals surface area contributed by atoms with E-state index >= 15 is 0 Å². The van der Waals surface area contributed by atoms with E-state index in [1.165, 1.54) is 6.92 Å². The van der Waals surface area contributed by atoms with Gasteiger partial charge in [-0.2, -0.15) is 0 Å². The van der Waals surface area contributed by atoms with Gasteiger partial charge in [0.15, 0.2) is 17.2 Å². The second-order valence-corrected chi connectivity index (χ2v) is 9.68. The largest absolute Gasteiger partial charge is 0.573 e. The highest BCUT2D eigenvalue weighted by molar-refractivity contribution is 5.51. The maximum Gasteiger partial charge on any atom is 0.573 e. The zero-order valence-corrected chi connectivity index (χ0v) is 20.6. The van der Waals surface area contributed by atoms with E-state index in [4.69, 9.17) is 9.47 Å². The van der Waals surface area contributed by atoms with E-state index in [-0.39, 0.29) is 17.8 Å². The number of methoxy groups -OCH3 is 1. The standard InChI is InChI=1S/C25H30F3N3O5/c1-15-7-23(29-9-22(15)36-25(26,27)28)31-10-18(11-31)35-21-8-17(5-6-20(21)34-4)19-12-30(14-32)13-24(19,3)16(2)33/h5-9,14,16,18-19,33H,10-13H2,1-4H3/t16?,19-,24-/m0/s1. The first-order valence-corrected chi connectivity index (χ1v) is 11.6. The van der Waals surface area contributed by atoms with Gasteiger partial charge < -0.3 is 29.1 Å². The number of rotatable bonds is 8. The fourth-order valence-electron chi connectivity index (χ4n) is 4.86. The first kappa shape index (κ1) is 25.9. The molecule has 0 spiro atoms. The number of carbonyl (C=O) groups excluding carboxylic acids is 1. The van der Waals surface area contributed by atoms with Crippen LogP contribution in [0.2, 0.25) is 0 Å². The van der Waals surface area contributed by atoms with Crippen molar-refractivity contribution in [2.45, 2.75) is 45.3 Å². The van der Waals surface area contributed by atoms with Crippen molar-refractivity contribution in [2.75, 3.05) is 38.2 Å². The van der Waals surface area contributed by atoms with Gasteiger partial charge in [0.1, 0.15) is 11.9 Å². The third-order valence-corrected chi connectivity index (χ3v) is 7.19.